The highest BCUT2D eigenvalue weighted by Crippen LogP contribution is 2.37. The monoisotopic (exact) mass is 517 g/mol. The van der Waals surface area contributed by atoms with Gasteiger partial charge in [0.1, 0.15) is 16.9 Å². The van der Waals surface area contributed by atoms with Gasteiger partial charge in [0.15, 0.2) is 11.0 Å². The van der Waals surface area contributed by atoms with Crippen LogP contribution in [0.4, 0.5) is 9.39 Å². The van der Waals surface area contributed by atoms with E-state index in [1.54, 1.807) is 22.8 Å². The average molecular weight is 518 g/mol. The summed E-state index contributed by atoms with van der Waals surface area (Å²) in [6.07, 6.45) is 5.19. The number of thioether (sulfide) groups is 1. The molecule has 2 aromatic carbocycles. The lowest BCUT2D eigenvalue weighted by Gasteiger charge is -2.11. The molecule has 1 amide bonds. The van der Waals surface area contributed by atoms with E-state index >= 15 is 0 Å². The highest BCUT2D eigenvalue weighted by Gasteiger charge is 2.22. The zero-order valence-electron chi connectivity index (χ0n) is 19.8. The van der Waals surface area contributed by atoms with Gasteiger partial charge in [0.2, 0.25) is 5.91 Å². The van der Waals surface area contributed by atoms with E-state index in [9.17, 15) is 14.4 Å². The molecular weight excluding hydrogens is 493 g/mol. The molecule has 0 fully saturated rings. The topological polar surface area (TPSA) is 83.6 Å². The quantitative estimate of drug-likeness (QED) is 0.239. The van der Waals surface area contributed by atoms with E-state index in [4.69, 9.17) is 0 Å². The van der Waals surface area contributed by atoms with Crippen LogP contribution in [0.1, 0.15) is 40.8 Å². The molecule has 4 aromatic rings. The molecule has 182 valence electrons. The molecule has 1 aliphatic rings. The van der Waals surface area contributed by atoms with Crippen molar-refractivity contribution in [2.75, 3.05) is 11.1 Å². The summed E-state index contributed by atoms with van der Waals surface area (Å²) in [5.41, 5.74) is 3.90. The first-order valence-electron chi connectivity index (χ1n) is 11.8. The first-order chi connectivity index (χ1) is 17.5. The van der Waals surface area contributed by atoms with Crippen molar-refractivity contribution in [2.24, 2.45) is 0 Å². The first-order valence-corrected chi connectivity index (χ1v) is 13.6. The first kappa shape index (κ1) is 24.2. The van der Waals surface area contributed by atoms with Crippen LogP contribution in [-0.2, 0) is 17.6 Å². The van der Waals surface area contributed by atoms with Crippen molar-refractivity contribution in [3.05, 3.63) is 75.9 Å². The van der Waals surface area contributed by atoms with Crippen LogP contribution in [-0.4, -0.2) is 26.4 Å². The Labute approximate surface area is 217 Å². The van der Waals surface area contributed by atoms with Gasteiger partial charge in [0.25, 0.3) is 0 Å². The molecular formula is C27H24FN5OS2. The second-order valence-corrected chi connectivity index (χ2v) is 10.7. The molecule has 1 aliphatic carbocycles. The average Bonchev–Trinajstić information content (AvgIpc) is 3.36. The van der Waals surface area contributed by atoms with E-state index in [2.05, 4.69) is 21.6 Å². The number of fused-ring (bicyclic) bond motifs is 1. The van der Waals surface area contributed by atoms with Crippen LogP contribution in [0.2, 0.25) is 0 Å². The maximum absolute atomic E-state index is 14.6. The third-order valence-corrected chi connectivity index (χ3v) is 8.29. The van der Waals surface area contributed by atoms with Crippen molar-refractivity contribution in [3.8, 4) is 23.1 Å². The molecule has 2 heterocycles. The van der Waals surface area contributed by atoms with Gasteiger partial charge < -0.3 is 5.32 Å². The number of thiophene rings is 1. The van der Waals surface area contributed by atoms with E-state index < -0.39 is 5.82 Å². The van der Waals surface area contributed by atoms with Crippen LogP contribution in [0.3, 0.4) is 0 Å². The minimum Gasteiger partial charge on any atom is -0.316 e. The normalized spacial score (nSPS) is 13.0. The molecule has 2 aromatic heterocycles. The lowest BCUT2D eigenvalue weighted by atomic mass is 10.1. The van der Waals surface area contributed by atoms with Crippen LogP contribution in [0, 0.1) is 24.1 Å². The summed E-state index contributed by atoms with van der Waals surface area (Å²) in [4.78, 5) is 14.1. The molecule has 0 aliphatic heterocycles. The van der Waals surface area contributed by atoms with Crippen molar-refractivity contribution < 1.29 is 9.18 Å². The predicted molar refractivity (Wildman–Crippen MR) is 141 cm³/mol. The van der Waals surface area contributed by atoms with Gasteiger partial charge in [-0.3, -0.25) is 9.36 Å². The number of amides is 1. The Balaban J connectivity index is 1.40. The standard InChI is InChI=1S/C27H24FN5OS2/c1-17-11-13-18(14-12-17)33-25(20-8-5-6-9-22(20)28)31-32-27(33)35-16-24(34)30-26-21(15-29)19-7-3-2-4-10-23(19)36-26/h5-6,8-9,11-14H,2-4,7,10,16H2,1H3,(H,30,34). The molecule has 0 saturated carbocycles. The number of benzene rings is 2. The lowest BCUT2D eigenvalue weighted by molar-refractivity contribution is -0.113. The zero-order chi connectivity index (χ0) is 25.1. The molecule has 0 unspecified atom stereocenters. The minimum absolute atomic E-state index is 0.0781. The Kier molecular flexibility index (Phi) is 7.16. The second kappa shape index (κ2) is 10.6. The molecule has 0 saturated heterocycles. The number of nitrogens with one attached hydrogen (secondary N) is 1. The van der Waals surface area contributed by atoms with Gasteiger partial charge in [-0.2, -0.15) is 5.26 Å². The molecule has 1 N–H and O–H groups in total. The second-order valence-electron chi connectivity index (χ2n) is 8.67. The van der Waals surface area contributed by atoms with Crippen molar-refractivity contribution in [2.45, 2.75) is 44.2 Å². The van der Waals surface area contributed by atoms with Gasteiger partial charge in [-0.1, -0.05) is 48.0 Å². The summed E-state index contributed by atoms with van der Waals surface area (Å²) in [5, 5.41) is 22.3. The van der Waals surface area contributed by atoms with E-state index in [0.29, 0.717) is 27.1 Å². The van der Waals surface area contributed by atoms with Gasteiger partial charge in [-0.25, -0.2) is 4.39 Å². The summed E-state index contributed by atoms with van der Waals surface area (Å²) in [7, 11) is 0. The van der Waals surface area contributed by atoms with Crippen molar-refractivity contribution in [3.63, 3.8) is 0 Å². The van der Waals surface area contributed by atoms with Crippen molar-refractivity contribution >= 4 is 34.0 Å². The third kappa shape index (κ3) is 4.92. The number of rotatable bonds is 6. The number of carbonyl (C=O) groups excluding carboxylic acids is 1. The summed E-state index contributed by atoms with van der Waals surface area (Å²) in [5.74, 6) is -0.171. The highest BCUT2D eigenvalue weighted by molar-refractivity contribution is 7.99. The molecule has 9 heteroatoms. The Morgan fingerprint density at radius 1 is 1.14 bits per heavy atom. The largest absolute Gasteiger partial charge is 0.316 e. The number of anilines is 1. The Bertz CT molecular complexity index is 1450. The van der Waals surface area contributed by atoms with Gasteiger partial charge in [-0.05, 0) is 62.4 Å². The number of halogens is 1. The molecule has 0 spiro atoms. The van der Waals surface area contributed by atoms with Gasteiger partial charge in [-0.15, -0.1) is 21.5 Å². The summed E-state index contributed by atoms with van der Waals surface area (Å²) < 4.78 is 16.4. The number of hydrogen-bond acceptors (Lipinski definition) is 6. The van der Waals surface area contributed by atoms with Crippen molar-refractivity contribution in [1.82, 2.24) is 14.8 Å². The zero-order valence-corrected chi connectivity index (χ0v) is 21.4. The van der Waals surface area contributed by atoms with Crippen LogP contribution in [0.25, 0.3) is 17.1 Å². The Morgan fingerprint density at radius 2 is 1.92 bits per heavy atom. The van der Waals surface area contributed by atoms with Gasteiger partial charge in [0, 0.05) is 10.6 Å². The summed E-state index contributed by atoms with van der Waals surface area (Å²) >= 11 is 2.74. The predicted octanol–water partition coefficient (Wildman–Crippen LogP) is 6.31. The fraction of sp³-hybridized carbons (Fsp3) is 0.259. The van der Waals surface area contributed by atoms with Crippen LogP contribution in [0.5, 0.6) is 0 Å². The van der Waals surface area contributed by atoms with Crippen LogP contribution in [0.15, 0.2) is 53.7 Å². The number of nitrogens with zero attached hydrogens (tertiary/aromatic N) is 4. The van der Waals surface area contributed by atoms with E-state index in [-0.39, 0.29) is 11.7 Å². The van der Waals surface area contributed by atoms with Crippen molar-refractivity contribution in [1.29, 1.82) is 5.26 Å². The maximum atomic E-state index is 14.6. The number of aromatic nitrogens is 3. The Hall–Kier alpha value is -3.48. The van der Waals surface area contributed by atoms with E-state index in [1.165, 1.54) is 40.5 Å². The minimum atomic E-state index is -0.394. The Morgan fingerprint density at radius 3 is 2.69 bits per heavy atom. The number of carbonyl (C=O) groups is 1. The number of aryl methyl sites for hydroxylation is 2. The SMILES string of the molecule is Cc1ccc(-n2c(SCC(=O)Nc3sc4c(c3C#N)CCCCC4)nnc2-c2ccccc2F)cc1. The van der Waals surface area contributed by atoms with Gasteiger partial charge in [0.05, 0.1) is 16.9 Å². The maximum Gasteiger partial charge on any atom is 0.235 e. The highest BCUT2D eigenvalue weighted by atomic mass is 32.2. The lowest BCUT2D eigenvalue weighted by Crippen LogP contribution is -2.14. The fourth-order valence-corrected chi connectivity index (χ4v) is 6.36. The van der Waals surface area contributed by atoms with E-state index in [0.717, 1.165) is 42.5 Å². The molecule has 36 heavy (non-hydrogen) atoms. The fourth-order valence-electron chi connectivity index (χ4n) is 4.35. The van der Waals surface area contributed by atoms with Gasteiger partial charge >= 0.3 is 0 Å². The van der Waals surface area contributed by atoms with E-state index in [1.807, 2.05) is 31.2 Å². The molecule has 0 bridgehead atoms. The molecule has 0 atom stereocenters. The van der Waals surface area contributed by atoms with Crippen LogP contribution >= 0.6 is 23.1 Å². The summed E-state index contributed by atoms with van der Waals surface area (Å²) in [6, 6.07) is 16.5. The molecule has 6 nitrogen and oxygen atoms in total. The smallest absolute Gasteiger partial charge is 0.235 e. The number of hydrogen-bond donors (Lipinski definition) is 1. The molecule has 0 radical (unpaired) electrons. The third-order valence-electron chi connectivity index (χ3n) is 6.16. The van der Waals surface area contributed by atoms with Crippen LogP contribution < -0.4 is 5.32 Å². The molecule has 5 rings (SSSR count). The summed E-state index contributed by atoms with van der Waals surface area (Å²) in [6.45, 7) is 1.99. The number of nitriles is 1.